The Morgan fingerprint density at radius 3 is 2.62 bits per heavy atom. The summed E-state index contributed by atoms with van der Waals surface area (Å²) in [6.07, 6.45) is 4.08. The van der Waals surface area contributed by atoms with Gasteiger partial charge in [0.2, 0.25) is 5.91 Å². The van der Waals surface area contributed by atoms with Crippen molar-refractivity contribution in [2.75, 3.05) is 19.6 Å². The fourth-order valence-electron chi connectivity index (χ4n) is 2.75. The van der Waals surface area contributed by atoms with E-state index in [0.29, 0.717) is 19.5 Å². The number of hydrogen-bond donors (Lipinski definition) is 1. The zero-order valence-electron chi connectivity index (χ0n) is 13.5. The molecule has 0 saturated carbocycles. The number of nitrogens with zero attached hydrogens (tertiary/aromatic N) is 4. The summed E-state index contributed by atoms with van der Waals surface area (Å²) < 4.78 is 1.62. The minimum absolute atomic E-state index is 0.0977. The molecule has 126 valence electrons. The van der Waals surface area contributed by atoms with Crippen molar-refractivity contribution < 1.29 is 9.59 Å². The van der Waals surface area contributed by atoms with Crippen molar-refractivity contribution in [3.63, 3.8) is 0 Å². The topological polar surface area (TPSA) is 80.1 Å². The van der Waals surface area contributed by atoms with Crippen LogP contribution in [0.3, 0.4) is 0 Å². The van der Waals surface area contributed by atoms with E-state index in [-0.39, 0.29) is 17.5 Å². The fraction of sp³-hybridized carbons (Fsp3) is 0.412. The van der Waals surface area contributed by atoms with E-state index in [1.807, 2.05) is 35.2 Å². The monoisotopic (exact) mass is 327 g/mol. The van der Waals surface area contributed by atoms with Crippen LogP contribution in [0.5, 0.6) is 0 Å². The van der Waals surface area contributed by atoms with Gasteiger partial charge in [-0.15, -0.1) is 5.10 Å². The van der Waals surface area contributed by atoms with Gasteiger partial charge in [0.05, 0.1) is 12.7 Å². The minimum Gasteiger partial charge on any atom is -0.350 e. The van der Waals surface area contributed by atoms with Crippen LogP contribution in [0, 0.1) is 0 Å². The molecule has 0 radical (unpaired) electrons. The third-order valence-electron chi connectivity index (χ3n) is 4.04. The molecule has 2 heterocycles. The zero-order valence-corrected chi connectivity index (χ0v) is 13.5. The van der Waals surface area contributed by atoms with Crippen LogP contribution in [0.2, 0.25) is 0 Å². The first-order valence-corrected chi connectivity index (χ1v) is 8.22. The number of amides is 2. The van der Waals surface area contributed by atoms with Crippen LogP contribution in [0.1, 0.15) is 35.3 Å². The van der Waals surface area contributed by atoms with Crippen LogP contribution in [0.15, 0.2) is 36.5 Å². The number of carbonyl (C=O) groups excluding carboxylic acids is 2. The summed E-state index contributed by atoms with van der Waals surface area (Å²) >= 11 is 0. The second kappa shape index (κ2) is 7.72. The number of benzene rings is 1. The van der Waals surface area contributed by atoms with Gasteiger partial charge in [0.1, 0.15) is 0 Å². The molecule has 0 aliphatic carbocycles. The Labute approximate surface area is 140 Å². The molecule has 24 heavy (non-hydrogen) atoms. The Hall–Kier alpha value is -2.70. The third kappa shape index (κ3) is 4.18. The molecule has 0 spiro atoms. The maximum Gasteiger partial charge on any atom is 0.273 e. The lowest BCUT2D eigenvalue weighted by molar-refractivity contribution is -0.129. The predicted molar refractivity (Wildman–Crippen MR) is 88.3 cm³/mol. The highest BCUT2D eigenvalue weighted by Crippen LogP contribution is 2.08. The van der Waals surface area contributed by atoms with Crippen molar-refractivity contribution >= 4 is 11.8 Å². The molecule has 1 aromatic carbocycles. The minimum atomic E-state index is -0.302. The summed E-state index contributed by atoms with van der Waals surface area (Å²) in [4.78, 5) is 25.8. The number of nitrogens with one attached hydrogen (secondary N) is 1. The lowest BCUT2D eigenvalue weighted by Crippen LogP contribution is -2.32. The summed E-state index contributed by atoms with van der Waals surface area (Å²) in [6.45, 7) is 2.55. The van der Waals surface area contributed by atoms with E-state index in [0.717, 1.165) is 31.5 Å². The van der Waals surface area contributed by atoms with Crippen LogP contribution in [-0.2, 0) is 11.3 Å². The molecule has 7 nitrogen and oxygen atoms in total. The fourth-order valence-corrected chi connectivity index (χ4v) is 2.75. The van der Waals surface area contributed by atoms with E-state index in [1.165, 1.54) is 0 Å². The third-order valence-corrected chi connectivity index (χ3v) is 4.04. The van der Waals surface area contributed by atoms with Gasteiger partial charge in [-0.3, -0.25) is 9.59 Å². The van der Waals surface area contributed by atoms with Crippen LogP contribution in [0.25, 0.3) is 0 Å². The lowest BCUT2D eigenvalue weighted by atomic mass is 10.2. The van der Waals surface area contributed by atoms with E-state index in [4.69, 9.17) is 0 Å². The molecule has 0 unspecified atom stereocenters. The molecule has 1 N–H and O–H groups in total. The van der Waals surface area contributed by atoms with Gasteiger partial charge in [-0.1, -0.05) is 35.5 Å². The summed E-state index contributed by atoms with van der Waals surface area (Å²) in [7, 11) is 0. The van der Waals surface area contributed by atoms with Crippen LogP contribution in [-0.4, -0.2) is 51.3 Å². The van der Waals surface area contributed by atoms with E-state index in [2.05, 4.69) is 15.6 Å². The Morgan fingerprint density at radius 2 is 1.88 bits per heavy atom. The number of aromatic nitrogens is 3. The average Bonchev–Trinajstić information content (AvgIpc) is 3.27. The van der Waals surface area contributed by atoms with E-state index >= 15 is 0 Å². The standard InChI is InChI=1S/C17H21N5O2/c23-16(21-10-4-5-11-21)8-9-18-17(24)15-13-22(20-19-15)12-14-6-2-1-3-7-14/h1-3,6-7,13H,4-5,8-12H2,(H,18,24). The Balaban J connectivity index is 1.46. The first-order chi connectivity index (χ1) is 11.7. The van der Waals surface area contributed by atoms with Crippen molar-refractivity contribution in [1.82, 2.24) is 25.2 Å². The summed E-state index contributed by atoms with van der Waals surface area (Å²) in [5.41, 5.74) is 1.35. The number of rotatable bonds is 6. The molecule has 1 aliphatic rings. The van der Waals surface area contributed by atoms with Crippen LogP contribution in [0.4, 0.5) is 0 Å². The number of carbonyl (C=O) groups is 2. The van der Waals surface area contributed by atoms with Crippen molar-refractivity contribution in [3.8, 4) is 0 Å². The maximum atomic E-state index is 12.1. The van der Waals surface area contributed by atoms with Crippen molar-refractivity contribution in [2.45, 2.75) is 25.8 Å². The molecule has 2 aromatic rings. The highest BCUT2D eigenvalue weighted by molar-refractivity contribution is 5.92. The first kappa shape index (κ1) is 16.2. The number of likely N-dealkylation sites (tertiary alicyclic amines) is 1. The molecule has 2 amide bonds. The average molecular weight is 327 g/mol. The van der Waals surface area contributed by atoms with Gasteiger partial charge in [-0.25, -0.2) is 4.68 Å². The highest BCUT2D eigenvalue weighted by Gasteiger charge is 2.18. The van der Waals surface area contributed by atoms with Crippen molar-refractivity contribution in [3.05, 3.63) is 47.8 Å². The molecule has 0 bridgehead atoms. The predicted octanol–water partition coefficient (Wildman–Crippen LogP) is 1.07. The quantitative estimate of drug-likeness (QED) is 0.860. The lowest BCUT2D eigenvalue weighted by Gasteiger charge is -2.14. The normalized spacial score (nSPS) is 13.9. The summed E-state index contributed by atoms with van der Waals surface area (Å²) in [5, 5.41) is 10.6. The molecule has 0 atom stereocenters. The SMILES string of the molecule is O=C(NCCC(=O)N1CCCC1)c1cn(Cc2ccccc2)nn1. The van der Waals surface area contributed by atoms with Gasteiger partial charge >= 0.3 is 0 Å². The smallest absolute Gasteiger partial charge is 0.273 e. The second-order valence-electron chi connectivity index (χ2n) is 5.88. The Bertz CT molecular complexity index is 692. The van der Waals surface area contributed by atoms with Crippen LogP contribution >= 0.6 is 0 Å². The highest BCUT2D eigenvalue weighted by atomic mass is 16.2. The Kier molecular flexibility index (Phi) is 5.20. The molecule has 7 heteroatoms. The first-order valence-electron chi connectivity index (χ1n) is 8.22. The van der Waals surface area contributed by atoms with Gasteiger partial charge in [0.25, 0.3) is 5.91 Å². The van der Waals surface area contributed by atoms with Crippen LogP contribution < -0.4 is 5.32 Å². The molecule has 3 rings (SSSR count). The van der Waals surface area contributed by atoms with Gasteiger partial charge in [0, 0.05) is 26.1 Å². The molecule has 1 saturated heterocycles. The molecular formula is C17H21N5O2. The van der Waals surface area contributed by atoms with Gasteiger partial charge in [-0.05, 0) is 18.4 Å². The zero-order chi connectivity index (χ0) is 16.8. The van der Waals surface area contributed by atoms with E-state index in [9.17, 15) is 9.59 Å². The maximum absolute atomic E-state index is 12.1. The van der Waals surface area contributed by atoms with Crippen molar-refractivity contribution in [2.24, 2.45) is 0 Å². The summed E-state index contributed by atoms with van der Waals surface area (Å²) in [5.74, 6) is -0.205. The van der Waals surface area contributed by atoms with Gasteiger partial charge in [-0.2, -0.15) is 0 Å². The molecular weight excluding hydrogens is 306 g/mol. The Morgan fingerprint density at radius 1 is 1.12 bits per heavy atom. The summed E-state index contributed by atoms with van der Waals surface area (Å²) in [6, 6.07) is 9.85. The van der Waals surface area contributed by atoms with E-state index in [1.54, 1.807) is 10.9 Å². The van der Waals surface area contributed by atoms with Gasteiger partial charge < -0.3 is 10.2 Å². The van der Waals surface area contributed by atoms with Crippen molar-refractivity contribution in [1.29, 1.82) is 0 Å². The second-order valence-corrected chi connectivity index (χ2v) is 5.88. The van der Waals surface area contributed by atoms with Gasteiger partial charge in [0.15, 0.2) is 5.69 Å². The molecule has 1 fully saturated rings. The largest absolute Gasteiger partial charge is 0.350 e. The molecule has 1 aromatic heterocycles. The molecule has 1 aliphatic heterocycles. The van der Waals surface area contributed by atoms with E-state index < -0.39 is 0 Å². The number of hydrogen-bond acceptors (Lipinski definition) is 4.